The van der Waals surface area contributed by atoms with Crippen molar-refractivity contribution in [2.75, 3.05) is 13.2 Å². The van der Waals surface area contributed by atoms with Gasteiger partial charge in [0.2, 0.25) is 0 Å². The molecular formula is C14H16O3. The summed E-state index contributed by atoms with van der Waals surface area (Å²) in [7, 11) is 0. The maximum absolute atomic E-state index is 11.7. The Labute approximate surface area is 101 Å². The van der Waals surface area contributed by atoms with Gasteiger partial charge in [0.25, 0.3) is 0 Å². The minimum absolute atomic E-state index is 0.261. The first-order chi connectivity index (χ1) is 8.24. The van der Waals surface area contributed by atoms with Crippen molar-refractivity contribution >= 4 is 11.5 Å². The van der Waals surface area contributed by atoms with Crippen molar-refractivity contribution < 1.29 is 14.3 Å². The van der Waals surface area contributed by atoms with E-state index in [1.54, 1.807) is 13.8 Å². The molecule has 1 aliphatic rings. The highest BCUT2D eigenvalue weighted by Gasteiger charge is 2.19. The Morgan fingerprint density at radius 2 is 2.12 bits per heavy atom. The van der Waals surface area contributed by atoms with E-state index in [1.165, 1.54) is 0 Å². The van der Waals surface area contributed by atoms with E-state index >= 15 is 0 Å². The number of carbonyl (C=O) groups excluding carboxylic acids is 1. The molecule has 0 bridgehead atoms. The van der Waals surface area contributed by atoms with Gasteiger partial charge in [0.05, 0.1) is 19.8 Å². The first kappa shape index (κ1) is 11.9. The number of benzene rings is 1. The average molecular weight is 232 g/mol. The summed E-state index contributed by atoms with van der Waals surface area (Å²) in [6.07, 6.45) is 0. The highest BCUT2D eigenvalue weighted by molar-refractivity contribution is 5.97. The molecule has 2 rings (SSSR count). The van der Waals surface area contributed by atoms with E-state index in [9.17, 15) is 4.79 Å². The molecule has 0 radical (unpaired) electrons. The fourth-order valence-corrected chi connectivity index (χ4v) is 1.95. The number of carbonyl (C=O) groups is 1. The van der Waals surface area contributed by atoms with Gasteiger partial charge in [0, 0.05) is 5.57 Å². The smallest absolute Gasteiger partial charge is 0.334 e. The molecular weight excluding hydrogens is 216 g/mol. The van der Waals surface area contributed by atoms with Crippen LogP contribution in [0.2, 0.25) is 0 Å². The molecule has 90 valence electrons. The lowest BCUT2D eigenvalue weighted by Crippen LogP contribution is -2.14. The monoisotopic (exact) mass is 232 g/mol. The Kier molecular flexibility index (Phi) is 3.59. The minimum Gasteiger partial charge on any atom is -0.463 e. The number of hydrogen-bond acceptors (Lipinski definition) is 3. The van der Waals surface area contributed by atoms with Crippen LogP contribution in [-0.2, 0) is 20.9 Å². The summed E-state index contributed by atoms with van der Waals surface area (Å²) in [5.74, 6) is -0.261. The van der Waals surface area contributed by atoms with E-state index in [1.807, 2.05) is 24.3 Å². The molecule has 0 atom stereocenters. The highest BCUT2D eigenvalue weighted by atomic mass is 16.5. The van der Waals surface area contributed by atoms with Crippen LogP contribution < -0.4 is 0 Å². The van der Waals surface area contributed by atoms with Gasteiger partial charge in [-0.1, -0.05) is 24.3 Å². The largest absolute Gasteiger partial charge is 0.463 e. The molecule has 3 nitrogen and oxygen atoms in total. The topological polar surface area (TPSA) is 35.5 Å². The second-order valence-electron chi connectivity index (χ2n) is 3.97. The molecule has 0 aromatic heterocycles. The Hall–Kier alpha value is -1.61. The minimum atomic E-state index is -0.261. The number of ether oxygens (including phenoxy) is 2. The van der Waals surface area contributed by atoms with Crippen molar-refractivity contribution in [2.45, 2.75) is 20.5 Å². The molecule has 3 heteroatoms. The summed E-state index contributed by atoms with van der Waals surface area (Å²) in [6.45, 7) is 5.07. The van der Waals surface area contributed by atoms with Gasteiger partial charge < -0.3 is 9.47 Å². The molecule has 0 spiro atoms. The third kappa shape index (κ3) is 2.39. The summed E-state index contributed by atoms with van der Waals surface area (Å²) >= 11 is 0. The molecule has 1 aromatic rings. The molecule has 1 aliphatic heterocycles. The van der Waals surface area contributed by atoms with Crippen LogP contribution in [0.4, 0.5) is 0 Å². The second kappa shape index (κ2) is 5.15. The lowest BCUT2D eigenvalue weighted by molar-refractivity contribution is -0.138. The van der Waals surface area contributed by atoms with Crippen LogP contribution in [0.15, 0.2) is 29.8 Å². The Morgan fingerprint density at radius 3 is 2.88 bits per heavy atom. The molecule has 0 saturated heterocycles. The predicted octanol–water partition coefficient (Wildman–Crippen LogP) is 2.55. The zero-order valence-electron chi connectivity index (χ0n) is 10.2. The van der Waals surface area contributed by atoms with Crippen LogP contribution in [0.1, 0.15) is 25.0 Å². The SMILES string of the molecule is CCOC(=O)/C(C)=C1/COCc2ccccc21. The van der Waals surface area contributed by atoms with E-state index in [0.29, 0.717) is 25.4 Å². The van der Waals surface area contributed by atoms with Gasteiger partial charge >= 0.3 is 5.97 Å². The predicted molar refractivity (Wildman–Crippen MR) is 65.3 cm³/mol. The van der Waals surface area contributed by atoms with Crippen LogP contribution in [0.3, 0.4) is 0 Å². The van der Waals surface area contributed by atoms with Crippen LogP contribution >= 0.6 is 0 Å². The zero-order chi connectivity index (χ0) is 12.3. The van der Waals surface area contributed by atoms with Crippen LogP contribution in [-0.4, -0.2) is 19.2 Å². The van der Waals surface area contributed by atoms with Gasteiger partial charge in [-0.2, -0.15) is 0 Å². The third-order valence-corrected chi connectivity index (χ3v) is 2.88. The van der Waals surface area contributed by atoms with Crippen molar-refractivity contribution in [3.05, 3.63) is 41.0 Å². The van der Waals surface area contributed by atoms with Gasteiger partial charge in [-0.3, -0.25) is 0 Å². The molecule has 1 heterocycles. The van der Waals surface area contributed by atoms with Crippen LogP contribution in [0.5, 0.6) is 0 Å². The number of fused-ring (bicyclic) bond motifs is 1. The molecule has 0 aliphatic carbocycles. The quantitative estimate of drug-likeness (QED) is 0.580. The van der Waals surface area contributed by atoms with Crippen molar-refractivity contribution in [3.8, 4) is 0 Å². The van der Waals surface area contributed by atoms with Crippen molar-refractivity contribution in [3.63, 3.8) is 0 Å². The molecule has 0 fully saturated rings. The molecule has 0 unspecified atom stereocenters. The lowest BCUT2D eigenvalue weighted by atomic mass is 9.95. The van der Waals surface area contributed by atoms with Crippen molar-refractivity contribution in [1.82, 2.24) is 0 Å². The van der Waals surface area contributed by atoms with E-state index in [0.717, 1.165) is 16.7 Å². The summed E-state index contributed by atoms with van der Waals surface area (Å²) < 4.78 is 10.5. The van der Waals surface area contributed by atoms with Gasteiger partial charge in [0.1, 0.15) is 0 Å². The van der Waals surface area contributed by atoms with Gasteiger partial charge in [0.15, 0.2) is 0 Å². The first-order valence-corrected chi connectivity index (χ1v) is 5.77. The number of rotatable bonds is 2. The summed E-state index contributed by atoms with van der Waals surface area (Å²) in [6, 6.07) is 8.00. The molecule has 1 aromatic carbocycles. The summed E-state index contributed by atoms with van der Waals surface area (Å²) in [5, 5.41) is 0. The zero-order valence-corrected chi connectivity index (χ0v) is 10.2. The maximum Gasteiger partial charge on any atom is 0.334 e. The van der Waals surface area contributed by atoms with E-state index in [4.69, 9.17) is 9.47 Å². The van der Waals surface area contributed by atoms with Crippen LogP contribution in [0, 0.1) is 0 Å². The summed E-state index contributed by atoms with van der Waals surface area (Å²) in [5.41, 5.74) is 3.80. The highest BCUT2D eigenvalue weighted by Crippen LogP contribution is 2.28. The number of esters is 1. The summed E-state index contributed by atoms with van der Waals surface area (Å²) in [4.78, 5) is 11.7. The van der Waals surface area contributed by atoms with E-state index in [-0.39, 0.29) is 5.97 Å². The normalized spacial score (nSPS) is 17.3. The lowest BCUT2D eigenvalue weighted by Gasteiger charge is -2.21. The fourth-order valence-electron chi connectivity index (χ4n) is 1.95. The van der Waals surface area contributed by atoms with Gasteiger partial charge in [-0.05, 0) is 30.5 Å². The maximum atomic E-state index is 11.7. The fraction of sp³-hybridized carbons (Fsp3) is 0.357. The van der Waals surface area contributed by atoms with Crippen molar-refractivity contribution in [2.24, 2.45) is 0 Å². The van der Waals surface area contributed by atoms with Gasteiger partial charge in [-0.15, -0.1) is 0 Å². The second-order valence-corrected chi connectivity index (χ2v) is 3.97. The molecule has 17 heavy (non-hydrogen) atoms. The van der Waals surface area contributed by atoms with E-state index in [2.05, 4.69) is 0 Å². The standard InChI is InChI=1S/C14H16O3/c1-3-17-14(15)10(2)13-9-16-8-11-6-4-5-7-12(11)13/h4-7H,3,8-9H2,1-2H3/b13-10-. The molecule has 0 saturated carbocycles. The van der Waals surface area contributed by atoms with Crippen molar-refractivity contribution in [1.29, 1.82) is 0 Å². The first-order valence-electron chi connectivity index (χ1n) is 5.77. The Balaban J connectivity index is 2.40. The van der Waals surface area contributed by atoms with Crippen LogP contribution in [0.25, 0.3) is 5.57 Å². The average Bonchev–Trinajstić information content (AvgIpc) is 2.37. The number of hydrogen-bond donors (Lipinski definition) is 0. The molecule has 0 amide bonds. The molecule has 0 N–H and O–H groups in total. The Morgan fingerprint density at radius 1 is 1.35 bits per heavy atom. The van der Waals surface area contributed by atoms with Gasteiger partial charge in [-0.25, -0.2) is 4.79 Å². The third-order valence-electron chi connectivity index (χ3n) is 2.88. The van der Waals surface area contributed by atoms with E-state index < -0.39 is 0 Å². The Bertz CT molecular complexity index is 460.